The average molecular weight is 289 g/mol. The number of nitrogens with one attached hydrogen (secondary N) is 1. The van der Waals surface area contributed by atoms with Crippen LogP contribution in [-0.2, 0) is 11.3 Å². The number of rotatable bonds is 6. The third-order valence-corrected chi connectivity index (χ3v) is 2.73. The van der Waals surface area contributed by atoms with Gasteiger partial charge in [-0.05, 0) is 31.0 Å². The van der Waals surface area contributed by atoms with E-state index in [1.54, 1.807) is 0 Å². The molecular weight excluding hydrogens is 270 g/mol. The topological polar surface area (TPSA) is 95.1 Å². The summed E-state index contributed by atoms with van der Waals surface area (Å²) < 4.78 is 7.03. The van der Waals surface area contributed by atoms with E-state index in [0.29, 0.717) is 18.0 Å². The fourth-order valence-corrected chi connectivity index (χ4v) is 1.79. The Morgan fingerprint density at radius 2 is 2.29 bits per heavy atom. The Morgan fingerprint density at radius 1 is 1.48 bits per heavy atom. The second-order valence-electron chi connectivity index (χ2n) is 4.70. The van der Waals surface area contributed by atoms with Crippen LogP contribution in [0.4, 0.5) is 11.6 Å². The number of hydrogen-bond acceptors (Lipinski definition) is 5. The lowest BCUT2D eigenvalue weighted by Gasteiger charge is -2.13. The first-order chi connectivity index (χ1) is 10.1. The van der Waals surface area contributed by atoms with Gasteiger partial charge in [-0.15, -0.1) is 5.10 Å². The highest BCUT2D eigenvalue weighted by molar-refractivity contribution is 5.92. The first-order valence-corrected chi connectivity index (χ1v) is 6.76. The molecule has 0 unspecified atom stereocenters. The highest BCUT2D eigenvalue weighted by atomic mass is 16.5. The fraction of sp³-hybridized carbons (Fsp3) is 0.357. The molecule has 2 aromatic rings. The van der Waals surface area contributed by atoms with Crippen LogP contribution in [0.2, 0.25) is 0 Å². The summed E-state index contributed by atoms with van der Waals surface area (Å²) in [4.78, 5) is 15.8. The first-order valence-electron chi connectivity index (χ1n) is 6.76. The fourth-order valence-electron chi connectivity index (χ4n) is 1.79. The van der Waals surface area contributed by atoms with Crippen LogP contribution in [0, 0.1) is 6.92 Å². The zero-order chi connectivity index (χ0) is 15.2. The van der Waals surface area contributed by atoms with Crippen LogP contribution in [0.25, 0.3) is 0 Å². The maximum Gasteiger partial charge on any atom is 0.246 e. The molecule has 2 rings (SSSR count). The van der Waals surface area contributed by atoms with Crippen molar-refractivity contribution in [1.29, 1.82) is 0 Å². The Hall–Kier alpha value is -2.57. The lowest BCUT2D eigenvalue weighted by Crippen LogP contribution is -2.19. The minimum absolute atomic E-state index is 0.0469. The van der Waals surface area contributed by atoms with E-state index in [2.05, 4.69) is 15.4 Å². The summed E-state index contributed by atoms with van der Waals surface area (Å²) >= 11 is 0. The number of ether oxygens (including phenoxy) is 1. The smallest absolute Gasteiger partial charge is 0.246 e. The molecule has 7 heteroatoms. The number of carbonyl (C=O) groups excluding carboxylic acids is 1. The van der Waals surface area contributed by atoms with E-state index in [9.17, 15) is 4.79 Å². The summed E-state index contributed by atoms with van der Waals surface area (Å²) in [5.74, 6) is 0.596. The number of aryl methyl sites for hydroxylation is 1. The molecule has 0 spiro atoms. The van der Waals surface area contributed by atoms with E-state index in [1.165, 1.54) is 11.0 Å². The van der Waals surface area contributed by atoms with Crippen molar-refractivity contribution in [1.82, 2.24) is 14.8 Å². The zero-order valence-electron chi connectivity index (χ0n) is 12.2. The van der Waals surface area contributed by atoms with Crippen molar-refractivity contribution in [3.8, 4) is 5.75 Å². The van der Waals surface area contributed by atoms with Gasteiger partial charge in [0.05, 0.1) is 12.3 Å². The Morgan fingerprint density at radius 3 is 2.95 bits per heavy atom. The molecule has 0 fully saturated rings. The van der Waals surface area contributed by atoms with Gasteiger partial charge in [0.15, 0.2) is 0 Å². The molecule has 0 atom stereocenters. The summed E-state index contributed by atoms with van der Waals surface area (Å²) in [6.07, 6.45) is 2.32. The zero-order valence-corrected chi connectivity index (χ0v) is 12.2. The molecule has 21 heavy (non-hydrogen) atoms. The molecule has 0 aliphatic rings. The Bertz CT molecular complexity index is 624. The van der Waals surface area contributed by atoms with Crippen LogP contribution in [0.5, 0.6) is 5.75 Å². The monoisotopic (exact) mass is 289 g/mol. The summed E-state index contributed by atoms with van der Waals surface area (Å²) in [5.41, 5.74) is 7.13. The maximum absolute atomic E-state index is 12.0. The normalized spacial score (nSPS) is 10.4. The second kappa shape index (κ2) is 6.74. The van der Waals surface area contributed by atoms with Gasteiger partial charge in [0, 0.05) is 0 Å². The van der Waals surface area contributed by atoms with E-state index in [-0.39, 0.29) is 18.4 Å². The first kappa shape index (κ1) is 14.8. The van der Waals surface area contributed by atoms with E-state index in [0.717, 1.165) is 12.0 Å². The van der Waals surface area contributed by atoms with E-state index >= 15 is 0 Å². The predicted octanol–water partition coefficient (Wildman–Crippen LogP) is 1.60. The molecule has 1 aromatic heterocycles. The van der Waals surface area contributed by atoms with E-state index < -0.39 is 0 Å². The number of benzene rings is 1. The lowest BCUT2D eigenvalue weighted by molar-refractivity contribution is -0.116. The highest BCUT2D eigenvalue weighted by Gasteiger charge is 2.10. The standard InChI is InChI=1S/C14H19N5O2/c1-3-6-21-12-7-10(2)4-5-11(12)17-13(20)8-19-9-16-14(15)18-19/h4-5,7,9H,3,6,8H2,1-2H3,(H2,15,18)(H,17,20). The molecule has 1 amide bonds. The van der Waals surface area contributed by atoms with Gasteiger partial charge in [-0.2, -0.15) is 0 Å². The number of anilines is 2. The number of nitrogens with two attached hydrogens (primary N) is 1. The quantitative estimate of drug-likeness (QED) is 0.842. The predicted molar refractivity (Wildman–Crippen MR) is 80.0 cm³/mol. The van der Waals surface area contributed by atoms with Crippen LogP contribution in [-0.4, -0.2) is 27.3 Å². The third kappa shape index (κ3) is 4.20. The summed E-state index contributed by atoms with van der Waals surface area (Å²) in [6, 6.07) is 5.65. The number of carbonyl (C=O) groups is 1. The third-order valence-electron chi connectivity index (χ3n) is 2.73. The van der Waals surface area contributed by atoms with Crippen molar-refractivity contribution in [2.24, 2.45) is 0 Å². The molecule has 1 aromatic carbocycles. The molecule has 0 bridgehead atoms. The van der Waals surface area contributed by atoms with Crippen LogP contribution in [0.1, 0.15) is 18.9 Å². The molecule has 0 saturated heterocycles. The van der Waals surface area contributed by atoms with Gasteiger partial charge in [-0.25, -0.2) is 9.67 Å². The molecular formula is C14H19N5O2. The molecule has 112 valence electrons. The highest BCUT2D eigenvalue weighted by Crippen LogP contribution is 2.26. The van der Waals surface area contributed by atoms with Crippen molar-refractivity contribution in [3.63, 3.8) is 0 Å². The number of aromatic nitrogens is 3. The van der Waals surface area contributed by atoms with Gasteiger partial charge in [0.2, 0.25) is 11.9 Å². The van der Waals surface area contributed by atoms with Crippen LogP contribution >= 0.6 is 0 Å². The van der Waals surface area contributed by atoms with Gasteiger partial charge in [0.25, 0.3) is 0 Å². The minimum atomic E-state index is -0.217. The van der Waals surface area contributed by atoms with Gasteiger partial charge < -0.3 is 15.8 Å². The van der Waals surface area contributed by atoms with Gasteiger partial charge in [-0.3, -0.25) is 4.79 Å². The van der Waals surface area contributed by atoms with Crippen molar-refractivity contribution < 1.29 is 9.53 Å². The lowest BCUT2D eigenvalue weighted by atomic mass is 10.2. The molecule has 7 nitrogen and oxygen atoms in total. The molecule has 1 heterocycles. The van der Waals surface area contributed by atoms with Crippen molar-refractivity contribution >= 4 is 17.5 Å². The Kier molecular flexibility index (Phi) is 4.76. The summed E-state index contributed by atoms with van der Waals surface area (Å²) in [6.45, 7) is 4.66. The van der Waals surface area contributed by atoms with Crippen LogP contribution in [0.15, 0.2) is 24.5 Å². The molecule has 0 radical (unpaired) electrons. The van der Waals surface area contributed by atoms with Crippen LogP contribution < -0.4 is 15.8 Å². The van der Waals surface area contributed by atoms with Gasteiger partial charge in [-0.1, -0.05) is 13.0 Å². The molecule has 0 aliphatic heterocycles. The average Bonchev–Trinajstić information content (AvgIpc) is 2.84. The van der Waals surface area contributed by atoms with Crippen molar-refractivity contribution in [2.45, 2.75) is 26.8 Å². The number of hydrogen-bond donors (Lipinski definition) is 2. The number of amides is 1. The summed E-state index contributed by atoms with van der Waals surface area (Å²) in [7, 11) is 0. The van der Waals surface area contributed by atoms with E-state index in [1.807, 2.05) is 32.0 Å². The van der Waals surface area contributed by atoms with Gasteiger partial charge in [0.1, 0.15) is 18.6 Å². The minimum Gasteiger partial charge on any atom is -0.491 e. The SMILES string of the molecule is CCCOc1cc(C)ccc1NC(=O)Cn1cnc(N)n1. The van der Waals surface area contributed by atoms with Crippen molar-refractivity contribution in [3.05, 3.63) is 30.1 Å². The largest absolute Gasteiger partial charge is 0.491 e. The molecule has 0 saturated carbocycles. The van der Waals surface area contributed by atoms with E-state index in [4.69, 9.17) is 10.5 Å². The maximum atomic E-state index is 12.0. The number of nitrogens with zero attached hydrogens (tertiary/aromatic N) is 3. The van der Waals surface area contributed by atoms with Crippen molar-refractivity contribution in [2.75, 3.05) is 17.7 Å². The Labute approximate surface area is 123 Å². The second-order valence-corrected chi connectivity index (χ2v) is 4.70. The summed E-state index contributed by atoms with van der Waals surface area (Å²) in [5, 5.41) is 6.68. The molecule has 0 aliphatic carbocycles. The van der Waals surface area contributed by atoms with Crippen LogP contribution in [0.3, 0.4) is 0 Å². The molecule has 3 N–H and O–H groups in total. The van der Waals surface area contributed by atoms with Gasteiger partial charge >= 0.3 is 0 Å². The Balaban J connectivity index is 2.05. The number of nitrogen functional groups attached to an aromatic ring is 1.